The maximum Gasteiger partial charge on any atom is 0.228 e. The third kappa shape index (κ3) is 4.03. The van der Waals surface area contributed by atoms with Crippen molar-refractivity contribution in [2.75, 3.05) is 24.3 Å². The number of nitrogens with zero attached hydrogens (tertiary/aromatic N) is 3. The van der Waals surface area contributed by atoms with Crippen LogP contribution in [-0.2, 0) is 11.2 Å². The van der Waals surface area contributed by atoms with Crippen LogP contribution in [0.2, 0.25) is 0 Å². The lowest BCUT2D eigenvalue weighted by Crippen LogP contribution is -2.16. The Morgan fingerprint density at radius 1 is 1.07 bits per heavy atom. The lowest BCUT2D eigenvalue weighted by Gasteiger charge is -2.15. The van der Waals surface area contributed by atoms with E-state index in [0.717, 1.165) is 39.6 Å². The summed E-state index contributed by atoms with van der Waals surface area (Å²) >= 11 is 0. The van der Waals surface area contributed by atoms with Gasteiger partial charge in [0.25, 0.3) is 0 Å². The number of para-hydroxylation sites is 1. The van der Waals surface area contributed by atoms with Crippen molar-refractivity contribution >= 4 is 17.3 Å². The van der Waals surface area contributed by atoms with Crippen molar-refractivity contribution in [2.45, 2.75) is 27.2 Å². The molecule has 0 fully saturated rings. The number of carbonyl (C=O) groups is 1. The van der Waals surface area contributed by atoms with Crippen molar-refractivity contribution in [3.63, 3.8) is 0 Å². The summed E-state index contributed by atoms with van der Waals surface area (Å²) in [6.45, 7) is 5.96. The van der Waals surface area contributed by atoms with Crippen LogP contribution >= 0.6 is 0 Å². The molecule has 1 aromatic heterocycles. The first kappa shape index (κ1) is 18.7. The fourth-order valence-electron chi connectivity index (χ4n) is 3.17. The Hall–Kier alpha value is -3.08. The van der Waals surface area contributed by atoms with Gasteiger partial charge in [0.15, 0.2) is 0 Å². The van der Waals surface area contributed by atoms with Crippen LogP contribution in [-0.4, -0.2) is 29.8 Å². The van der Waals surface area contributed by atoms with Crippen LogP contribution in [0.3, 0.4) is 0 Å². The van der Waals surface area contributed by atoms with Gasteiger partial charge in [0.2, 0.25) is 5.91 Å². The van der Waals surface area contributed by atoms with E-state index in [1.165, 1.54) is 0 Å². The van der Waals surface area contributed by atoms with E-state index in [1.807, 2.05) is 86.9 Å². The first-order valence-corrected chi connectivity index (χ1v) is 9.05. The third-order valence-corrected chi connectivity index (χ3v) is 4.78. The predicted octanol–water partition coefficient (Wildman–Crippen LogP) is 4.04. The normalized spacial score (nSPS) is 10.7. The summed E-state index contributed by atoms with van der Waals surface area (Å²) < 4.78 is 1.90. The number of aryl methyl sites for hydroxylation is 2. The Labute approximate surface area is 160 Å². The molecule has 3 aromatic rings. The topological polar surface area (TPSA) is 50.2 Å². The minimum absolute atomic E-state index is 0.0329. The summed E-state index contributed by atoms with van der Waals surface area (Å²) in [5.74, 6) is -0.0329. The van der Waals surface area contributed by atoms with Crippen LogP contribution < -0.4 is 10.2 Å². The molecule has 0 unspecified atom stereocenters. The van der Waals surface area contributed by atoms with Crippen LogP contribution in [0.4, 0.5) is 11.4 Å². The average Bonchev–Trinajstić information content (AvgIpc) is 2.92. The van der Waals surface area contributed by atoms with Gasteiger partial charge in [0, 0.05) is 36.7 Å². The summed E-state index contributed by atoms with van der Waals surface area (Å²) in [6.07, 6.45) is 0.305. The van der Waals surface area contributed by atoms with Gasteiger partial charge in [-0.1, -0.05) is 18.2 Å². The highest BCUT2D eigenvalue weighted by Crippen LogP contribution is 2.23. The molecule has 0 radical (unpaired) electrons. The highest BCUT2D eigenvalue weighted by molar-refractivity contribution is 5.93. The van der Waals surface area contributed by atoms with Crippen molar-refractivity contribution in [2.24, 2.45) is 0 Å². The summed E-state index contributed by atoms with van der Waals surface area (Å²) in [6, 6.07) is 16.0. The summed E-state index contributed by atoms with van der Waals surface area (Å²) in [5, 5.41) is 7.65. The Balaban J connectivity index is 1.78. The molecule has 3 rings (SSSR count). The van der Waals surface area contributed by atoms with E-state index in [4.69, 9.17) is 0 Å². The van der Waals surface area contributed by atoms with E-state index in [-0.39, 0.29) is 5.91 Å². The maximum atomic E-state index is 12.6. The van der Waals surface area contributed by atoms with Gasteiger partial charge in [-0.15, -0.1) is 0 Å². The maximum absolute atomic E-state index is 12.6. The van der Waals surface area contributed by atoms with Gasteiger partial charge in [0.05, 0.1) is 17.8 Å². The second-order valence-corrected chi connectivity index (χ2v) is 7.02. The fraction of sp³-hybridized carbons (Fsp3) is 0.273. The van der Waals surface area contributed by atoms with Crippen molar-refractivity contribution < 1.29 is 4.79 Å². The molecule has 1 heterocycles. The van der Waals surface area contributed by atoms with E-state index >= 15 is 0 Å². The highest BCUT2D eigenvalue weighted by atomic mass is 16.1. The number of nitrogens with one attached hydrogen (secondary N) is 1. The second-order valence-electron chi connectivity index (χ2n) is 7.02. The molecule has 1 N–H and O–H groups in total. The van der Waals surface area contributed by atoms with Crippen molar-refractivity contribution in [3.05, 3.63) is 71.0 Å². The Morgan fingerprint density at radius 3 is 2.41 bits per heavy atom. The molecule has 0 spiro atoms. The number of hydrogen-bond donors (Lipinski definition) is 1. The van der Waals surface area contributed by atoms with E-state index < -0.39 is 0 Å². The fourth-order valence-corrected chi connectivity index (χ4v) is 3.17. The first-order chi connectivity index (χ1) is 12.9. The molecule has 0 atom stereocenters. The number of aromatic nitrogens is 2. The molecule has 2 aromatic carbocycles. The Bertz CT molecular complexity index is 958. The van der Waals surface area contributed by atoms with Crippen molar-refractivity contribution in [1.29, 1.82) is 0 Å². The number of rotatable bonds is 5. The number of amides is 1. The zero-order valence-corrected chi connectivity index (χ0v) is 16.6. The van der Waals surface area contributed by atoms with Gasteiger partial charge in [-0.25, -0.2) is 4.68 Å². The van der Waals surface area contributed by atoms with Crippen LogP contribution in [0.5, 0.6) is 0 Å². The van der Waals surface area contributed by atoms with Crippen molar-refractivity contribution in [1.82, 2.24) is 9.78 Å². The Morgan fingerprint density at radius 2 is 1.78 bits per heavy atom. The lowest BCUT2D eigenvalue weighted by atomic mass is 10.1. The lowest BCUT2D eigenvalue weighted by molar-refractivity contribution is -0.115. The predicted molar refractivity (Wildman–Crippen MR) is 111 cm³/mol. The van der Waals surface area contributed by atoms with Crippen LogP contribution in [0.15, 0.2) is 48.5 Å². The molecule has 27 heavy (non-hydrogen) atoms. The molecular formula is C22H26N4O. The van der Waals surface area contributed by atoms with Crippen molar-refractivity contribution in [3.8, 4) is 5.69 Å². The van der Waals surface area contributed by atoms with Gasteiger partial charge in [0.1, 0.15) is 0 Å². The quantitative estimate of drug-likeness (QED) is 0.745. The number of anilines is 2. The molecule has 0 bridgehead atoms. The summed E-state index contributed by atoms with van der Waals surface area (Å²) in [7, 11) is 4.01. The van der Waals surface area contributed by atoms with E-state index in [9.17, 15) is 4.79 Å². The first-order valence-electron chi connectivity index (χ1n) is 9.05. The molecule has 5 heteroatoms. The van der Waals surface area contributed by atoms with E-state index in [1.54, 1.807) is 0 Å². The van der Waals surface area contributed by atoms with E-state index in [2.05, 4.69) is 16.5 Å². The SMILES string of the molecule is Cc1cc(N(C)C)ccc1NC(=O)Cc1c(C)nn(-c2ccccc2)c1C. The van der Waals surface area contributed by atoms with E-state index in [0.29, 0.717) is 6.42 Å². The molecule has 0 aliphatic heterocycles. The zero-order valence-electron chi connectivity index (χ0n) is 16.6. The second kappa shape index (κ2) is 7.66. The molecule has 0 saturated carbocycles. The minimum Gasteiger partial charge on any atom is -0.378 e. The highest BCUT2D eigenvalue weighted by Gasteiger charge is 2.16. The van der Waals surface area contributed by atoms with Gasteiger partial charge in [-0.3, -0.25) is 4.79 Å². The molecule has 5 nitrogen and oxygen atoms in total. The molecule has 0 saturated heterocycles. The summed E-state index contributed by atoms with van der Waals surface area (Å²) in [5.41, 5.74) is 6.85. The largest absolute Gasteiger partial charge is 0.378 e. The molecule has 0 aliphatic carbocycles. The zero-order chi connectivity index (χ0) is 19.6. The molecule has 1 amide bonds. The minimum atomic E-state index is -0.0329. The number of hydrogen-bond acceptors (Lipinski definition) is 3. The Kier molecular flexibility index (Phi) is 5.31. The van der Waals surface area contributed by atoms with Gasteiger partial charge in [-0.05, 0) is 56.7 Å². The standard InChI is InChI=1S/C22H26N4O/c1-15-13-19(25(4)5)11-12-21(15)23-22(27)14-20-16(2)24-26(17(20)3)18-9-7-6-8-10-18/h6-13H,14H2,1-5H3,(H,23,27). The number of carbonyl (C=O) groups excluding carboxylic acids is 1. The van der Waals surface area contributed by atoms with Gasteiger partial charge >= 0.3 is 0 Å². The van der Waals surface area contributed by atoms with Gasteiger partial charge < -0.3 is 10.2 Å². The summed E-state index contributed by atoms with van der Waals surface area (Å²) in [4.78, 5) is 14.7. The van der Waals surface area contributed by atoms with Crippen LogP contribution in [0, 0.1) is 20.8 Å². The number of benzene rings is 2. The molecular weight excluding hydrogens is 336 g/mol. The van der Waals surface area contributed by atoms with Crippen LogP contribution in [0.1, 0.15) is 22.5 Å². The monoisotopic (exact) mass is 362 g/mol. The van der Waals surface area contributed by atoms with Crippen LogP contribution in [0.25, 0.3) is 5.69 Å². The smallest absolute Gasteiger partial charge is 0.228 e. The average molecular weight is 362 g/mol. The third-order valence-electron chi connectivity index (χ3n) is 4.78. The molecule has 0 aliphatic rings. The van der Waals surface area contributed by atoms with Gasteiger partial charge in [-0.2, -0.15) is 5.10 Å². The molecule has 140 valence electrons.